The van der Waals surface area contributed by atoms with E-state index in [4.69, 9.17) is 5.11 Å². The second-order valence-electron chi connectivity index (χ2n) is 3.90. The molecule has 0 aliphatic rings. The van der Waals surface area contributed by atoms with Crippen molar-refractivity contribution in [1.29, 1.82) is 0 Å². The van der Waals surface area contributed by atoms with Crippen molar-refractivity contribution in [3.63, 3.8) is 0 Å². The number of phenols is 1. The number of urea groups is 1. The van der Waals surface area contributed by atoms with Crippen LogP contribution in [-0.4, -0.2) is 41.2 Å². The van der Waals surface area contributed by atoms with Crippen molar-refractivity contribution in [2.45, 2.75) is 6.92 Å². The molecule has 0 fully saturated rings. The molecule has 8 nitrogen and oxygen atoms in total. The molecular weight excluding hydrogens is 266 g/mol. The third kappa shape index (κ3) is 4.84. The van der Waals surface area contributed by atoms with E-state index >= 15 is 0 Å². The van der Waals surface area contributed by atoms with Crippen LogP contribution in [0.15, 0.2) is 18.2 Å². The smallest absolute Gasteiger partial charge is 0.337 e. The van der Waals surface area contributed by atoms with Crippen LogP contribution in [0.4, 0.5) is 10.5 Å². The van der Waals surface area contributed by atoms with Crippen molar-refractivity contribution in [1.82, 2.24) is 10.6 Å². The molecule has 0 saturated heterocycles. The molecule has 1 aromatic carbocycles. The molecule has 0 aliphatic heterocycles. The number of rotatable bonds is 5. The van der Waals surface area contributed by atoms with Gasteiger partial charge in [-0.15, -0.1) is 0 Å². The first-order chi connectivity index (χ1) is 9.40. The number of aromatic carboxylic acids is 1. The Morgan fingerprint density at radius 2 is 1.80 bits per heavy atom. The monoisotopic (exact) mass is 281 g/mol. The molecule has 8 heteroatoms. The van der Waals surface area contributed by atoms with Gasteiger partial charge in [-0.2, -0.15) is 0 Å². The van der Waals surface area contributed by atoms with Gasteiger partial charge in [0.1, 0.15) is 5.75 Å². The fraction of sp³-hybridized carbons (Fsp3) is 0.250. The van der Waals surface area contributed by atoms with Gasteiger partial charge in [0.15, 0.2) is 0 Å². The summed E-state index contributed by atoms with van der Waals surface area (Å²) in [4.78, 5) is 33.1. The summed E-state index contributed by atoms with van der Waals surface area (Å²) in [5.74, 6) is -1.69. The Balaban J connectivity index is 2.57. The molecule has 20 heavy (non-hydrogen) atoms. The number of carbonyl (C=O) groups is 3. The molecule has 0 bridgehead atoms. The second kappa shape index (κ2) is 6.98. The number of anilines is 1. The molecule has 0 aromatic heterocycles. The Hall–Kier alpha value is -2.77. The lowest BCUT2D eigenvalue weighted by Crippen LogP contribution is -2.36. The number of carbonyl (C=O) groups excluding carboxylic acids is 2. The van der Waals surface area contributed by atoms with E-state index in [-0.39, 0.29) is 36.0 Å². The van der Waals surface area contributed by atoms with Crippen LogP contribution >= 0.6 is 0 Å². The highest BCUT2D eigenvalue weighted by Gasteiger charge is 2.13. The second-order valence-corrected chi connectivity index (χ2v) is 3.90. The van der Waals surface area contributed by atoms with E-state index in [1.807, 2.05) is 0 Å². The first-order valence-electron chi connectivity index (χ1n) is 5.75. The van der Waals surface area contributed by atoms with E-state index in [0.29, 0.717) is 0 Å². The zero-order valence-corrected chi connectivity index (χ0v) is 10.8. The lowest BCUT2D eigenvalue weighted by atomic mass is 10.1. The standard InChI is InChI=1S/C12H15N3O5/c1-7(16)13-4-5-14-12(20)15-10-3-2-8(17)6-9(10)11(18)19/h2-3,6,17H,4-5H2,1H3,(H,13,16)(H,18,19)(H2,14,15,20). The van der Waals surface area contributed by atoms with Crippen molar-refractivity contribution < 1.29 is 24.6 Å². The minimum atomic E-state index is -1.27. The van der Waals surface area contributed by atoms with Crippen LogP contribution in [0.3, 0.4) is 0 Å². The molecule has 0 unspecified atom stereocenters. The van der Waals surface area contributed by atoms with Gasteiger partial charge < -0.3 is 26.2 Å². The molecule has 0 radical (unpaired) electrons. The summed E-state index contributed by atoms with van der Waals surface area (Å²) < 4.78 is 0. The fourth-order valence-corrected chi connectivity index (χ4v) is 1.40. The van der Waals surface area contributed by atoms with Crippen LogP contribution in [0.2, 0.25) is 0 Å². The largest absolute Gasteiger partial charge is 0.508 e. The number of carboxylic acids is 1. The van der Waals surface area contributed by atoms with Gasteiger partial charge in [-0.3, -0.25) is 4.79 Å². The first kappa shape index (κ1) is 15.3. The number of aromatic hydroxyl groups is 1. The van der Waals surface area contributed by atoms with Gasteiger partial charge in [-0.1, -0.05) is 0 Å². The predicted molar refractivity (Wildman–Crippen MR) is 70.8 cm³/mol. The molecule has 0 saturated carbocycles. The molecule has 1 rings (SSSR count). The molecule has 1 aromatic rings. The molecule has 0 heterocycles. The first-order valence-corrected chi connectivity index (χ1v) is 5.75. The maximum absolute atomic E-state index is 11.5. The molecule has 3 amide bonds. The van der Waals surface area contributed by atoms with E-state index < -0.39 is 12.0 Å². The minimum absolute atomic E-state index is 0.0623. The Kier molecular flexibility index (Phi) is 5.33. The van der Waals surface area contributed by atoms with E-state index in [9.17, 15) is 19.5 Å². The number of phenolic OH excluding ortho intramolecular Hbond substituents is 1. The van der Waals surface area contributed by atoms with Crippen molar-refractivity contribution >= 4 is 23.6 Å². The third-order valence-electron chi connectivity index (χ3n) is 2.27. The van der Waals surface area contributed by atoms with E-state index in [1.54, 1.807) is 0 Å². The van der Waals surface area contributed by atoms with Crippen molar-refractivity contribution in [3.8, 4) is 5.75 Å². The SMILES string of the molecule is CC(=O)NCCNC(=O)Nc1ccc(O)cc1C(=O)O. The van der Waals surface area contributed by atoms with E-state index in [1.165, 1.54) is 19.1 Å². The lowest BCUT2D eigenvalue weighted by molar-refractivity contribution is -0.118. The van der Waals surface area contributed by atoms with Crippen molar-refractivity contribution in [3.05, 3.63) is 23.8 Å². The van der Waals surface area contributed by atoms with Crippen molar-refractivity contribution in [2.75, 3.05) is 18.4 Å². The zero-order chi connectivity index (χ0) is 15.1. The van der Waals surface area contributed by atoms with Gasteiger partial charge in [0.25, 0.3) is 0 Å². The van der Waals surface area contributed by atoms with Crippen LogP contribution in [0.25, 0.3) is 0 Å². The van der Waals surface area contributed by atoms with Crippen LogP contribution in [-0.2, 0) is 4.79 Å². The Bertz CT molecular complexity index is 530. The normalized spacial score (nSPS) is 9.65. The highest BCUT2D eigenvalue weighted by molar-refractivity contribution is 6.00. The van der Waals surface area contributed by atoms with E-state index in [2.05, 4.69) is 16.0 Å². The minimum Gasteiger partial charge on any atom is -0.508 e. The Labute approximate surface area is 114 Å². The Morgan fingerprint density at radius 3 is 2.40 bits per heavy atom. The van der Waals surface area contributed by atoms with Gasteiger partial charge in [0.2, 0.25) is 5.91 Å². The zero-order valence-electron chi connectivity index (χ0n) is 10.8. The number of carboxylic acid groups (broad SMARTS) is 1. The lowest BCUT2D eigenvalue weighted by Gasteiger charge is -2.10. The Morgan fingerprint density at radius 1 is 1.15 bits per heavy atom. The average Bonchev–Trinajstić information content (AvgIpc) is 2.36. The number of benzene rings is 1. The summed E-state index contributed by atoms with van der Waals surface area (Å²) >= 11 is 0. The topological polar surface area (TPSA) is 128 Å². The number of nitrogens with one attached hydrogen (secondary N) is 3. The van der Waals surface area contributed by atoms with Gasteiger partial charge in [0, 0.05) is 20.0 Å². The van der Waals surface area contributed by atoms with Crippen LogP contribution in [0.1, 0.15) is 17.3 Å². The maximum atomic E-state index is 11.5. The summed E-state index contributed by atoms with van der Waals surface area (Å²) in [5, 5.41) is 25.5. The van der Waals surface area contributed by atoms with Crippen molar-refractivity contribution in [2.24, 2.45) is 0 Å². The molecule has 0 atom stereocenters. The average molecular weight is 281 g/mol. The summed E-state index contributed by atoms with van der Waals surface area (Å²) in [6, 6.07) is 2.98. The summed E-state index contributed by atoms with van der Waals surface area (Å²) in [7, 11) is 0. The summed E-state index contributed by atoms with van der Waals surface area (Å²) in [6.07, 6.45) is 0. The predicted octanol–water partition coefficient (Wildman–Crippen LogP) is 0.348. The van der Waals surface area contributed by atoms with Crippen LogP contribution < -0.4 is 16.0 Å². The quantitative estimate of drug-likeness (QED) is 0.393. The van der Waals surface area contributed by atoms with Gasteiger partial charge in [-0.05, 0) is 18.2 Å². The van der Waals surface area contributed by atoms with E-state index in [0.717, 1.165) is 6.07 Å². The third-order valence-corrected chi connectivity index (χ3v) is 2.27. The highest BCUT2D eigenvalue weighted by Crippen LogP contribution is 2.21. The molecule has 0 aliphatic carbocycles. The molecule has 108 valence electrons. The van der Waals surface area contributed by atoms with Crippen LogP contribution in [0, 0.1) is 0 Å². The highest BCUT2D eigenvalue weighted by atomic mass is 16.4. The fourth-order valence-electron chi connectivity index (χ4n) is 1.40. The molecule has 5 N–H and O–H groups in total. The summed E-state index contributed by atoms with van der Waals surface area (Å²) in [5.41, 5.74) is -0.158. The van der Waals surface area contributed by atoms with Crippen LogP contribution in [0.5, 0.6) is 5.75 Å². The summed E-state index contributed by atoms with van der Waals surface area (Å²) in [6.45, 7) is 1.83. The van der Waals surface area contributed by atoms with Gasteiger partial charge in [-0.25, -0.2) is 9.59 Å². The van der Waals surface area contributed by atoms with Gasteiger partial charge in [0.05, 0.1) is 11.3 Å². The molecule has 0 spiro atoms. The number of amides is 3. The number of hydrogen-bond donors (Lipinski definition) is 5. The maximum Gasteiger partial charge on any atom is 0.337 e. The van der Waals surface area contributed by atoms with Gasteiger partial charge >= 0.3 is 12.0 Å². The molecular formula is C12H15N3O5. The number of hydrogen-bond acceptors (Lipinski definition) is 4.